The monoisotopic (exact) mass is 262 g/mol. The molecule has 2 unspecified atom stereocenters. The van der Waals surface area contributed by atoms with Gasteiger partial charge in [-0.2, -0.15) is 0 Å². The minimum Gasteiger partial charge on any atom is -0.313 e. The van der Waals surface area contributed by atoms with E-state index in [0.29, 0.717) is 19.1 Å². The Kier molecular flexibility index (Phi) is 6.44. The Morgan fingerprint density at radius 3 is 2.65 bits per heavy atom. The number of rotatable bonds is 7. The summed E-state index contributed by atoms with van der Waals surface area (Å²) in [5.41, 5.74) is 0. The Hall–Kier alpha value is -0.130. The smallest absolute Gasteiger partial charge is 0.212 e. The van der Waals surface area contributed by atoms with Crippen molar-refractivity contribution < 1.29 is 8.42 Å². The summed E-state index contributed by atoms with van der Waals surface area (Å²) in [5, 5.41) is 3.38. The van der Waals surface area contributed by atoms with Gasteiger partial charge >= 0.3 is 0 Å². The highest BCUT2D eigenvalue weighted by atomic mass is 32.2. The minimum absolute atomic E-state index is 0.189. The second-order valence-corrected chi connectivity index (χ2v) is 6.84. The van der Waals surface area contributed by atoms with Crippen LogP contribution in [0.2, 0.25) is 0 Å². The molecule has 4 nitrogen and oxygen atoms in total. The molecule has 0 aromatic carbocycles. The highest BCUT2D eigenvalue weighted by Gasteiger charge is 2.20. The van der Waals surface area contributed by atoms with Crippen molar-refractivity contribution in [3.63, 3.8) is 0 Å². The van der Waals surface area contributed by atoms with Crippen molar-refractivity contribution in [3.8, 4) is 0 Å². The Balaban J connectivity index is 2.22. The van der Waals surface area contributed by atoms with Gasteiger partial charge in [-0.25, -0.2) is 13.1 Å². The van der Waals surface area contributed by atoms with E-state index in [1.807, 2.05) is 0 Å². The highest BCUT2D eigenvalue weighted by molar-refractivity contribution is 7.89. The maximum atomic E-state index is 11.4. The molecule has 1 aliphatic rings. The predicted octanol–water partition coefficient (Wildman–Crippen LogP) is 1.48. The van der Waals surface area contributed by atoms with Crippen LogP contribution in [0.1, 0.15) is 46.0 Å². The van der Waals surface area contributed by atoms with Crippen LogP contribution in [0.25, 0.3) is 0 Å². The van der Waals surface area contributed by atoms with Gasteiger partial charge in [-0.05, 0) is 18.8 Å². The highest BCUT2D eigenvalue weighted by Crippen LogP contribution is 2.26. The van der Waals surface area contributed by atoms with Gasteiger partial charge in [-0.1, -0.05) is 33.1 Å². The zero-order valence-electron chi connectivity index (χ0n) is 11.0. The lowest BCUT2D eigenvalue weighted by molar-refractivity contribution is 0.282. The van der Waals surface area contributed by atoms with Gasteiger partial charge in [0, 0.05) is 19.1 Å². The van der Waals surface area contributed by atoms with Crippen LogP contribution in [-0.4, -0.2) is 33.3 Å². The summed E-state index contributed by atoms with van der Waals surface area (Å²) in [6, 6.07) is 0.519. The fraction of sp³-hybridized carbons (Fsp3) is 1.00. The van der Waals surface area contributed by atoms with E-state index in [4.69, 9.17) is 0 Å². The summed E-state index contributed by atoms with van der Waals surface area (Å²) in [4.78, 5) is 0. The number of sulfonamides is 1. The third-order valence-electron chi connectivity index (χ3n) is 3.53. The molecule has 5 heteroatoms. The van der Waals surface area contributed by atoms with E-state index < -0.39 is 10.0 Å². The molecule has 17 heavy (non-hydrogen) atoms. The molecule has 0 aromatic heterocycles. The van der Waals surface area contributed by atoms with Crippen LogP contribution in [-0.2, 0) is 10.0 Å². The van der Waals surface area contributed by atoms with Crippen molar-refractivity contribution in [2.45, 2.75) is 52.0 Å². The molecule has 1 aliphatic carbocycles. The summed E-state index contributed by atoms with van der Waals surface area (Å²) < 4.78 is 25.4. The third kappa shape index (κ3) is 5.84. The molecule has 0 bridgehead atoms. The molecule has 0 amide bonds. The maximum absolute atomic E-state index is 11.4. The Bertz CT molecular complexity index is 304. The molecule has 2 N–H and O–H groups in total. The van der Waals surface area contributed by atoms with E-state index in [1.165, 1.54) is 32.1 Å². The molecule has 1 saturated carbocycles. The summed E-state index contributed by atoms with van der Waals surface area (Å²) >= 11 is 0. The number of nitrogens with one attached hydrogen (secondary N) is 2. The second-order valence-electron chi connectivity index (χ2n) is 4.91. The normalized spacial score (nSPS) is 26.0. The van der Waals surface area contributed by atoms with Crippen molar-refractivity contribution in [1.29, 1.82) is 0 Å². The lowest BCUT2D eigenvalue weighted by Gasteiger charge is -2.29. The van der Waals surface area contributed by atoms with E-state index >= 15 is 0 Å². The summed E-state index contributed by atoms with van der Waals surface area (Å²) in [6.45, 7) is 5.08. The Morgan fingerprint density at radius 1 is 1.24 bits per heavy atom. The summed E-state index contributed by atoms with van der Waals surface area (Å²) in [6.07, 6.45) is 6.25. The molecule has 1 fully saturated rings. The molecule has 0 radical (unpaired) electrons. The van der Waals surface area contributed by atoms with Gasteiger partial charge < -0.3 is 5.32 Å². The molecule has 1 rings (SSSR count). The predicted molar refractivity (Wildman–Crippen MR) is 71.5 cm³/mol. The van der Waals surface area contributed by atoms with Gasteiger partial charge in [0.2, 0.25) is 10.0 Å². The van der Waals surface area contributed by atoms with Gasteiger partial charge in [0.05, 0.1) is 5.75 Å². The summed E-state index contributed by atoms with van der Waals surface area (Å²) in [5.74, 6) is 1.01. The molecule has 2 atom stereocenters. The zero-order valence-corrected chi connectivity index (χ0v) is 11.9. The third-order valence-corrected chi connectivity index (χ3v) is 5.00. The zero-order chi connectivity index (χ0) is 12.7. The van der Waals surface area contributed by atoms with E-state index in [0.717, 1.165) is 5.92 Å². The van der Waals surface area contributed by atoms with Crippen LogP contribution >= 0.6 is 0 Å². The van der Waals surface area contributed by atoms with Crippen molar-refractivity contribution in [2.24, 2.45) is 5.92 Å². The lowest BCUT2D eigenvalue weighted by Crippen LogP contribution is -2.39. The van der Waals surface area contributed by atoms with Crippen molar-refractivity contribution in [1.82, 2.24) is 10.0 Å². The van der Waals surface area contributed by atoms with Gasteiger partial charge in [0.15, 0.2) is 0 Å². The first-order valence-electron chi connectivity index (χ1n) is 6.78. The first kappa shape index (κ1) is 14.9. The van der Waals surface area contributed by atoms with Crippen molar-refractivity contribution >= 4 is 10.0 Å². The Morgan fingerprint density at radius 2 is 2.00 bits per heavy atom. The standard InChI is InChI=1S/C12H26N2O2S/c1-3-11-6-5-7-12(10-11)13-8-9-17(15,16)14-4-2/h11-14H,3-10H2,1-2H3. The average Bonchev–Trinajstić information content (AvgIpc) is 2.29. The van der Waals surface area contributed by atoms with Crippen LogP contribution in [0, 0.1) is 5.92 Å². The first-order chi connectivity index (χ1) is 8.07. The number of hydrogen-bond acceptors (Lipinski definition) is 3. The van der Waals surface area contributed by atoms with Gasteiger partial charge in [-0.3, -0.25) is 0 Å². The number of hydrogen-bond donors (Lipinski definition) is 2. The molecular weight excluding hydrogens is 236 g/mol. The van der Waals surface area contributed by atoms with Gasteiger partial charge in [0.25, 0.3) is 0 Å². The van der Waals surface area contributed by atoms with E-state index in [-0.39, 0.29) is 5.75 Å². The van der Waals surface area contributed by atoms with Crippen LogP contribution in [0.3, 0.4) is 0 Å². The first-order valence-corrected chi connectivity index (χ1v) is 8.43. The largest absolute Gasteiger partial charge is 0.313 e. The van der Waals surface area contributed by atoms with Crippen LogP contribution < -0.4 is 10.0 Å². The van der Waals surface area contributed by atoms with Crippen LogP contribution in [0.15, 0.2) is 0 Å². The Labute approximate surface area is 106 Å². The fourth-order valence-electron chi connectivity index (χ4n) is 2.54. The van der Waals surface area contributed by atoms with E-state index in [9.17, 15) is 8.42 Å². The molecule has 0 heterocycles. The SMILES string of the molecule is CCNS(=O)(=O)CCNC1CCCC(CC)C1. The van der Waals surface area contributed by atoms with E-state index in [2.05, 4.69) is 17.0 Å². The fourth-order valence-corrected chi connectivity index (χ4v) is 3.51. The summed E-state index contributed by atoms with van der Waals surface area (Å²) in [7, 11) is -3.06. The minimum atomic E-state index is -3.06. The van der Waals surface area contributed by atoms with Crippen LogP contribution in [0.4, 0.5) is 0 Å². The van der Waals surface area contributed by atoms with E-state index in [1.54, 1.807) is 6.92 Å². The molecule has 0 aliphatic heterocycles. The molecular formula is C12H26N2O2S. The molecule has 102 valence electrons. The quantitative estimate of drug-likeness (QED) is 0.731. The molecule has 0 saturated heterocycles. The molecule has 0 spiro atoms. The van der Waals surface area contributed by atoms with Gasteiger partial charge in [0.1, 0.15) is 0 Å². The van der Waals surface area contributed by atoms with Gasteiger partial charge in [-0.15, -0.1) is 0 Å². The van der Waals surface area contributed by atoms with Crippen LogP contribution in [0.5, 0.6) is 0 Å². The second kappa shape index (κ2) is 7.34. The van der Waals surface area contributed by atoms with Crippen molar-refractivity contribution in [3.05, 3.63) is 0 Å². The van der Waals surface area contributed by atoms with Crippen molar-refractivity contribution in [2.75, 3.05) is 18.8 Å². The lowest BCUT2D eigenvalue weighted by atomic mass is 9.84. The molecule has 0 aromatic rings. The average molecular weight is 262 g/mol. The topological polar surface area (TPSA) is 58.2 Å². The maximum Gasteiger partial charge on any atom is 0.212 e.